The molecule has 0 fully saturated rings. The lowest BCUT2D eigenvalue weighted by Crippen LogP contribution is -2.30. The SMILES string of the molecule is C=C(Nc1cncc(-c2cccc(NC)c2Cl)c1C)c1nc2c(n1C)CCN(CC)C2. The summed E-state index contributed by atoms with van der Waals surface area (Å²) >= 11 is 6.63. The molecule has 3 heterocycles. The van der Waals surface area contributed by atoms with Gasteiger partial charge in [0.1, 0.15) is 0 Å². The van der Waals surface area contributed by atoms with E-state index in [9.17, 15) is 0 Å². The molecular formula is C24H29ClN6. The summed E-state index contributed by atoms with van der Waals surface area (Å²) in [6.45, 7) is 11.5. The third-order valence-electron chi connectivity index (χ3n) is 6.11. The first-order valence-corrected chi connectivity index (χ1v) is 11.0. The van der Waals surface area contributed by atoms with E-state index in [1.807, 2.05) is 37.6 Å². The zero-order valence-electron chi connectivity index (χ0n) is 18.6. The number of rotatable bonds is 6. The largest absolute Gasteiger partial charge is 0.387 e. The number of halogens is 1. The Bertz CT molecular complexity index is 1130. The van der Waals surface area contributed by atoms with E-state index >= 15 is 0 Å². The molecule has 162 valence electrons. The van der Waals surface area contributed by atoms with Gasteiger partial charge in [0.25, 0.3) is 0 Å². The Morgan fingerprint density at radius 2 is 2.03 bits per heavy atom. The highest BCUT2D eigenvalue weighted by Crippen LogP contribution is 2.37. The van der Waals surface area contributed by atoms with Crippen LogP contribution in [0.25, 0.3) is 16.8 Å². The summed E-state index contributed by atoms with van der Waals surface area (Å²) in [5.74, 6) is 0.864. The minimum absolute atomic E-state index is 0.683. The van der Waals surface area contributed by atoms with Crippen molar-refractivity contribution in [2.75, 3.05) is 30.8 Å². The van der Waals surface area contributed by atoms with Crippen molar-refractivity contribution in [1.29, 1.82) is 0 Å². The van der Waals surface area contributed by atoms with Gasteiger partial charge in [-0.15, -0.1) is 0 Å². The van der Waals surface area contributed by atoms with Crippen molar-refractivity contribution in [2.45, 2.75) is 26.8 Å². The molecule has 0 spiro atoms. The van der Waals surface area contributed by atoms with Gasteiger partial charge < -0.3 is 15.2 Å². The Kier molecular flexibility index (Phi) is 6.03. The first-order valence-electron chi connectivity index (χ1n) is 10.6. The molecule has 0 atom stereocenters. The van der Waals surface area contributed by atoms with Crippen molar-refractivity contribution in [3.8, 4) is 11.1 Å². The second kappa shape index (κ2) is 8.73. The number of fused-ring (bicyclic) bond motifs is 1. The zero-order chi connectivity index (χ0) is 22.1. The van der Waals surface area contributed by atoms with Gasteiger partial charge in [0.15, 0.2) is 5.82 Å². The van der Waals surface area contributed by atoms with E-state index in [2.05, 4.69) is 52.6 Å². The molecule has 0 amide bonds. The molecule has 1 aliphatic rings. The van der Waals surface area contributed by atoms with Gasteiger partial charge in [-0.2, -0.15) is 0 Å². The van der Waals surface area contributed by atoms with Gasteiger partial charge in [0.05, 0.1) is 34.0 Å². The van der Waals surface area contributed by atoms with Crippen LogP contribution in [0, 0.1) is 6.92 Å². The summed E-state index contributed by atoms with van der Waals surface area (Å²) in [5.41, 5.74) is 7.97. The van der Waals surface area contributed by atoms with Crippen LogP contribution < -0.4 is 10.6 Å². The van der Waals surface area contributed by atoms with Crippen LogP contribution in [0.5, 0.6) is 0 Å². The summed E-state index contributed by atoms with van der Waals surface area (Å²) in [7, 11) is 3.93. The van der Waals surface area contributed by atoms with E-state index in [1.54, 1.807) is 0 Å². The van der Waals surface area contributed by atoms with Gasteiger partial charge in [0, 0.05) is 56.6 Å². The molecule has 7 heteroatoms. The Morgan fingerprint density at radius 3 is 2.77 bits per heavy atom. The maximum Gasteiger partial charge on any atom is 0.156 e. The minimum Gasteiger partial charge on any atom is -0.387 e. The highest BCUT2D eigenvalue weighted by atomic mass is 35.5. The molecule has 0 radical (unpaired) electrons. The summed E-state index contributed by atoms with van der Waals surface area (Å²) in [6, 6.07) is 5.96. The van der Waals surface area contributed by atoms with Crippen LogP contribution in [0.4, 0.5) is 11.4 Å². The molecule has 2 N–H and O–H groups in total. The molecule has 31 heavy (non-hydrogen) atoms. The Balaban J connectivity index is 1.64. The second-order valence-corrected chi connectivity index (χ2v) is 8.26. The van der Waals surface area contributed by atoms with Crippen LogP contribution in [0.3, 0.4) is 0 Å². The number of hydrogen-bond acceptors (Lipinski definition) is 5. The van der Waals surface area contributed by atoms with Crippen LogP contribution in [0.15, 0.2) is 37.2 Å². The molecule has 0 aliphatic carbocycles. The highest BCUT2D eigenvalue weighted by molar-refractivity contribution is 6.36. The van der Waals surface area contributed by atoms with E-state index in [1.165, 1.54) is 5.69 Å². The van der Waals surface area contributed by atoms with Crippen molar-refractivity contribution < 1.29 is 0 Å². The van der Waals surface area contributed by atoms with Crippen molar-refractivity contribution in [3.63, 3.8) is 0 Å². The number of benzene rings is 1. The topological polar surface area (TPSA) is 58.0 Å². The molecule has 3 aromatic rings. The maximum atomic E-state index is 6.63. The predicted octanol–water partition coefficient (Wildman–Crippen LogP) is 4.95. The quantitative estimate of drug-likeness (QED) is 0.572. The monoisotopic (exact) mass is 436 g/mol. The van der Waals surface area contributed by atoms with Crippen LogP contribution in [0.1, 0.15) is 29.7 Å². The molecule has 2 aromatic heterocycles. The van der Waals surface area contributed by atoms with Crippen LogP contribution in [-0.4, -0.2) is 39.6 Å². The predicted molar refractivity (Wildman–Crippen MR) is 129 cm³/mol. The van der Waals surface area contributed by atoms with E-state index in [4.69, 9.17) is 16.6 Å². The van der Waals surface area contributed by atoms with Crippen LogP contribution in [-0.2, 0) is 20.0 Å². The lowest BCUT2D eigenvalue weighted by molar-refractivity contribution is 0.262. The standard InChI is InChI=1S/C24H29ClN6/c1-6-31-11-10-22-21(14-31)29-24(30(22)5)16(3)28-20-13-27-12-18(15(20)2)17-8-7-9-19(26-4)23(17)25/h7-9,12-13,26,28H,3,6,10-11,14H2,1-2,4-5H3. The van der Waals surface area contributed by atoms with E-state index in [0.29, 0.717) is 5.02 Å². The first kappa shape index (κ1) is 21.4. The van der Waals surface area contributed by atoms with Crippen molar-refractivity contribution in [1.82, 2.24) is 19.4 Å². The van der Waals surface area contributed by atoms with Gasteiger partial charge in [-0.3, -0.25) is 9.88 Å². The molecule has 1 aliphatic heterocycles. The normalized spacial score (nSPS) is 13.7. The average Bonchev–Trinajstić information content (AvgIpc) is 3.11. The summed E-state index contributed by atoms with van der Waals surface area (Å²) in [4.78, 5) is 11.8. The fourth-order valence-electron chi connectivity index (χ4n) is 4.20. The number of likely N-dealkylation sites (N-methyl/N-ethyl adjacent to an activating group) is 1. The molecule has 0 unspecified atom stereocenters. The van der Waals surface area contributed by atoms with Crippen molar-refractivity contribution in [2.24, 2.45) is 7.05 Å². The van der Waals surface area contributed by atoms with Gasteiger partial charge in [-0.25, -0.2) is 4.98 Å². The van der Waals surface area contributed by atoms with E-state index in [-0.39, 0.29) is 0 Å². The average molecular weight is 437 g/mol. The highest BCUT2D eigenvalue weighted by Gasteiger charge is 2.23. The van der Waals surface area contributed by atoms with Gasteiger partial charge in [0.2, 0.25) is 0 Å². The lowest BCUT2D eigenvalue weighted by atomic mass is 10.0. The molecule has 0 saturated heterocycles. The number of aromatic nitrogens is 3. The molecular weight excluding hydrogens is 408 g/mol. The number of nitrogens with one attached hydrogen (secondary N) is 2. The number of nitrogens with zero attached hydrogens (tertiary/aromatic N) is 4. The van der Waals surface area contributed by atoms with Crippen molar-refractivity contribution >= 4 is 28.7 Å². The summed E-state index contributed by atoms with van der Waals surface area (Å²) in [6.07, 6.45) is 4.68. The van der Waals surface area contributed by atoms with Crippen molar-refractivity contribution in [3.05, 3.63) is 65.0 Å². The third-order valence-corrected chi connectivity index (χ3v) is 6.52. The Morgan fingerprint density at radius 1 is 1.23 bits per heavy atom. The smallest absolute Gasteiger partial charge is 0.156 e. The number of anilines is 2. The van der Waals surface area contributed by atoms with Gasteiger partial charge in [-0.1, -0.05) is 37.2 Å². The Hall–Kier alpha value is -2.83. The fraction of sp³-hybridized carbons (Fsp3) is 0.333. The second-order valence-electron chi connectivity index (χ2n) is 7.89. The van der Waals surface area contributed by atoms with E-state index < -0.39 is 0 Å². The third kappa shape index (κ3) is 3.93. The van der Waals surface area contributed by atoms with Crippen LogP contribution >= 0.6 is 11.6 Å². The summed E-state index contributed by atoms with van der Waals surface area (Å²) < 4.78 is 2.16. The fourth-order valence-corrected chi connectivity index (χ4v) is 4.52. The minimum atomic E-state index is 0.683. The maximum absolute atomic E-state index is 6.63. The zero-order valence-corrected chi connectivity index (χ0v) is 19.3. The molecule has 1 aromatic carbocycles. The lowest BCUT2D eigenvalue weighted by Gasteiger charge is -2.24. The summed E-state index contributed by atoms with van der Waals surface area (Å²) in [5, 5.41) is 7.26. The first-order chi connectivity index (χ1) is 14.9. The van der Waals surface area contributed by atoms with Gasteiger partial charge in [-0.05, 0) is 25.1 Å². The molecule has 6 nitrogen and oxygen atoms in total. The molecule has 0 bridgehead atoms. The van der Waals surface area contributed by atoms with E-state index in [0.717, 1.165) is 71.3 Å². The number of imidazole rings is 1. The van der Waals surface area contributed by atoms with Gasteiger partial charge >= 0.3 is 0 Å². The number of hydrogen-bond donors (Lipinski definition) is 2. The Labute approximate surface area is 189 Å². The molecule has 4 rings (SSSR count). The van der Waals surface area contributed by atoms with Crippen LogP contribution in [0.2, 0.25) is 5.02 Å². The number of pyridine rings is 1. The molecule has 0 saturated carbocycles.